The van der Waals surface area contributed by atoms with E-state index in [1.54, 1.807) is 30.3 Å². The van der Waals surface area contributed by atoms with Crippen LogP contribution in [0, 0.1) is 12.8 Å². The van der Waals surface area contributed by atoms with Gasteiger partial charge in [0.15, 0.2) is 5.72 Å². The minimum Gasteiger partial charge on any atom is -0.478 e. The molecular formula is C28H30N2O5. The first kappa shape index (κ1) is 22.2. The molecule has 3 aliphatic heterocycles. The van der Waals surface area contributed by atoms with Crippen molar-refractivity contribution in [1.29, 1.82) is 0 Å². The highest BCUT2D eigenvalue weighted by atomic mass is 16.6. The Balaban J connectivity index is 1.41. The van der Waals surface area contributed by atoms with Gasteiger partial charge in [0.1, 0.15) is 5.75 Å². The number of nitrogens with one attached hydrogen (secondary N) is 1. The number of fused-ring (bicyclic) bond motifs is 3. The Morgan fingerprint density at radius 1 is 1.14 bits per heavy atom. The van der Waals surface area contributed by atoms with E-state index in [9.17, 15) is 14.7 Å². The number of ether oxygens (including phenoxy) is 2. The second-order valence-electron chi connectivity index (χ2n) is 10.1. The molecule has 0 radical (unpaired) electrons. The number of aliphatic carboxylic acids is 1. The molecule has 35 heavy (non-hydrogen) atoms. The van der Waals surface area contributed by atoms with Crippen molar-refractivity contribution in [2.24, 2.45) is 5.92 Å². The molecule has 0 aliphatic carbocycles. The van der Waals surface area contributed by atoms with Gasteiger partial charge in [-0.3, -0.25) is 4.90 Å². The first-order valence-electron chi connectivity index (χ1n) is 12.5. The first-order chi connectivity index (χ1) is 17.0. The predicted octanol–water partition coefficient (Wildman–Crippen LogP) is 4.99. The molecule has 2 N–H and O–H groups in total. The number of H-pyrrole nitrogens is 1. The Morgan fingerprint density at radius 3 is 2.74 bits per heavy atom. The molecule has 6 rings (SSSR count). The summed E-state index contributed by atoms with van der Waals surface area (Å²) >= 11 is 0. The number of nitrogens with zero attached hydrogens (tertiary/aromatic N) is 1. The molecule has 7 heteroatoms. The zero-order chi connectivity index (χ0) is 24.2. The van der Waals surface area contributed by atoms with E-state index in [1.807, 2.05) is 19.1 Å². The second kappa shape index (κ2) is 8.41. The van der Waals surface area contributed by atoms with Gasteiger partial charge >= 0.3 is 11.9 Å². The number of piperidine rings is 2. The largest absolute Gasteiger partial charge is 0.478 e. The number of rotatable bonds is 4. The number of carboxylic acids is 1. The number of hydrogen-bond acceptors (Lipinski definition) is 5. The van der Waals surface area contributed by atoms with Crippen LogP contribution >= 0.6 is 0 Å². The molecule has 4 heterocycles. The minimum absolute atomic E-state index is 0.245. The van der Waals surface area contributed by atoms with E-state index in [1.165, 1.54) is 12.8 Å². The summed E-state index contributed by atoms with van der Waals surface area (Å²) in [5.74, 6) is -0.645. The molecule has 7 nitrogen and oxygen atoms in total. The summed E-state index contributed by atoms with van der Waals surface area (Å²) in [6.45, 7) is 3.98. The number of esters is 1. The number of carbonyl (C=O) groups is 2. The maximum atomic E-state index is 13.5. The Hall–Kier alpha value is -3.32. The van der Waals surface area contributed by atoms with Gasteiger partial charge in [-0.25, -0.2) is 9.59 Å². The van der Waals surface area contributed by atoms with Crippen molar-refractivity contribution in [1.82, 2.24) is 9.88 Å². The van der Waals surface area contributed by atoms with E-state index < -0.39 is 18.0 Å². The molecule has 0 bridgehead atoms. The van der Waals surface area contributed by atoms with Crippen LogP contribution in [0.25, 0.3) is 10.9 Å². The molecule has 0 amide bonds. The average molecular weight is 475 g/mol. The zero-order valence-corrected chi connectivity index (χ0v) is 19.9. The lowest BCUT2D eigenvalue weighted by molar-refractivity contribution is -0.177. The van der Waals surface area contributed by atoms with Crippen molar-refractivity contribution in [2.75, 3.05) is 13.1 Å². The Morgan fingerprint density at radius 2 is 1.94 bits per heavy atom. The Kier molecular flexibility index (Phi) is 5.33. The van der Waals surface area contributed by atoms with Crippen molar-refractivity contribution < 1.29 is 24.2 Å². The molecule has 182 valence electrons. The summed E-state index contributed by atoms with van der Waals surface area (Å²) < 4.78 is 12.4. The van der Waals surface area contributed by atoms with Gasteiger partial charge < -0.3 is 19.6 Å². The van der Waals surface area contributed by atoms with Crippen molar-refractivity contribution in [3.05, 3.63) is 64.8 Å². The highest BCUT2D eigenvalue weighted by molar-refractivity contribution is 6.08. The molecule has 1 spiro atoms. The third kappa shape index (κ3) is 3.52. The number of aromatic amines is 1. The Labute approximate surface area is 204 Å². The van der Waals surface area contributed by atoms with Crippen LogP contribution in [0.3, 0.4) is 0 Å². The number of aromatic nitrogens is 1. The first-order valence-corrected chi connectivity index (χ1v) is 12.5. The molecule has 2 fully saturated rings. The highest BCUT2D eigenvalue weighted by Crippen LogP contribution is 2.50. The molecule has 3 aliphatic rings. The fourth-order valence-corrected chi connectivity index (χ4v) is 6.52. The third-order valence-electron chi connectivity index (χ3n) is 8.08. The normalized spacial score (nSPS) is 24.5. The van der Waals surface area contributed by atoms with E-state index in [-0.39, 0.29) is 5.72 Å². The third-order valence-corrected chi connectivity index (χ3v) is 8.08. The molecule has 3 atom stereocenters. The molecule has 2 saturated heterocycles. The molecular weight excluding hydrogens is 444 g/mol. The van der Waals surface area contributed by atoms with Gasteiger partial charge in [0.05, 0.1) is 5.56 Å². The maximum Gasteiger partial charge on any atom is 0.349 e. The quantitative estimate of drug-likeness (QED) is 0.518. The summed E-state index contributed by atoms with van der Waals surface area (Å²) in [6, 6.07) is 12.5. The van der Waals surface area contributed by atoms with E-state index in [4.69, 9.17) is 9.47 Å². The van der Waals surface area contributed by atoms with Crippen LogP contribution in [-0.4, -0.2) is 45.7 Å². The summed E-state index contributed by atoms with van der Waals surface area (Å²) in [5, 5.41) is 10.6. The van der Waals surface area contributed by atoms with Crippen LogP contribution in [0.5, 0.6) is 5.75 Å². The van der Waals surface area contributed by atoms with Crippen LogP contribution in [0.4, 0.5) is 0 Å². The van der Waals surface area contributed by atoms with E-state index in [0.29, 0.717) is 22.7 Å². The maximum absolute atomic E-state index is 13.5. The topological polar surface area (TPSA) is 91.9 Å². The summed E-state index contributed by atoms with van der Waals surface area (Å²) in [4.78, 5) is 31.3. The SMILES string of the molecule is Cc1[nH]c2ccc3c(c2c1C(=O)O[C@H](C(=O)O)c1ccccc1)CC1CCCN2CCCCC12O3. The van der Waals surface area contributed by atoms with Crippen molar-refractivity contribution in [3.63, 3.8) is 0 Å². The predicted molar refractivity (Wildman–Crippen MR) is 130 cm³/mol. The lowest BCUT2D eigenvalue weighted by Gasteiger charge is -2.56. The lowest BCUT2D eigenvalue weighted by Crippen LogP contribution is -2.64. The fraction of sp³-hybridized carbons (Fsp3) is 0.429. The van der Waals surface area contributed by atoms with Gasteiger partial charge in [-0.1, -0.05) is 30.3 Å². The van der Waals surface area contributed by atoms with E-state index >= 15 is 0 Å². The van der Waals surface area contributed by atoms with Gasteiger partial charge in [0.25, 0.3) is 0 Å². The number of carboxylic acid groups (broad SMARTS) is 1. The molecule has 1 aromatic heterocycles. The molecule has 0 saturated carbocycles. The van der Waals surface area contributed by atoms with Gasteiger partial charge in [-0.15, -0.1) is 0 Å². The van der Waals surface area contributed by atoms with Crippen LogP contribution in [0.2, 0.25) is 0 Å². The average Bonchev–Trinajstić information content (AvgIpc) is 3.21. The van der Waals surface area contributed by atoms with Crippen LogP contribution in [0.15, 0.2) is 42.5 Å². The zero-order valence-electron chi connectivity index (χ0n) is 19.9. The van der Waals surface area contributed by atoms with Crippen LogP contribution in [0.1, 0.15) is 65.4 Å². The summed E-state index contributed by atoms with van der Waals surface area (Å²) in [7, 11) is 0. The van der Waals surface area contributed by atoms with Gasteiger partial charge in [0, 0.05) is 53.2 Å². The summed E-state index contributed by atoms with van der Waals surface area (Å²) in [6.07, 6.45) is 5.13. The van der Waals surface area contributed by atoms with Gasteiger partial charge in [-0.05, 0) is 51.2 Å². The molecule has 2 aromatic carbocycles. The van der Waals surface area contributed by atoms with Crippen molar-refractivity contribution >= 4 is 22.8 Å². The highest BCUT2D eigenvalue weighted by Gasteiger charge is 2.52. The minimum atomic E-state index is -1.37. The van der Waals surface area contributed by atoms with E-state index in [0.717, 1.165) is 61.0 Å². The molecule has 2 unspecified atom stereocenters. The molecule has 3 aromatic rings. The number of benzene rings is 2. The Bertz CT molecular complexity index is 1300. The van der Waals surface area contributed by atoms with Crippen molar-refractivity contribution in [2.45, 2.75) is 57.3 Å². The fourth-order valence-electron chi connectivity index (χ4n) is 6.52. The monoisotopic (exact) mass is 474 g/mol. The lowest BCUT2D eigenvalue weighted by atomic mass is 9.74. The second-order valence-corrected chi connectivity index (χ2v) is 10.1. The summed E-state index contributed by atoms with van der Waals surface area (Å²) in [5.41, 5.74) is 3.11. The number of carbonyl (C=O) groups excluding carboxylic acids is 1. The van der Waals surface area contributed by atoms with Crippen LogP contribution < -0.4 is 4.74 Å². The van der Waals surface area contributed by atoms with Gasteiger partial charge in [-0.2, -0.15) is 0 Å². The van der Waals surface area contributed by atoms with Crippen molar-refractivity contribution in [3.8, 4) is 5.75 Å². The van der Waals surface area contributed by atoms with Gasteiger partial charge in [0.2, 0.25) is 6.10 Å². The van der Waals surface area contributed by atoms with Crippen LogP contribution in [-0.2, 0) is 16.0 Å². The standard InChI is InChI=1S/C28H30N2O5/c1-17-23(27(33)34-25(26(31)32)18-8-3-2-4-9-18)24-20-16-19-10-7-15-30-14-6-5-13-28(19,30)35-22(20)12-11-21(24)29-17/h2-4,8-9,11-12,19,25,29H,5-7,10,13-16H2,1H3,(H,31,32)/t19?,25-,28?/m0/s1. The number of hydrogen-bond donors (Lipinski definition) is 2. The smallest absolute Gasteiger partial charge is 0.349 e. The number of aryl methyl sites for hydroxylation is 1. The van der Waals surface area contributed by atoms with E-state index in [2.05, 4.69) is 9.88 Å².